The highest BCUT2D eigenvalue weighted by Crippen LogP contribution is 2.11. The molecule has 0 bridgehead atoms. The number of benzene rings is 1. The first-order valence-corrected chi connectivity index (χ1v) is 5.17. The van der Waals surface area contributed by atoms with Gasteiger partial charge in [0.1, 0.15) is 0 Å². The Kier molecular flexibility index (Phi) is 6.00. The van der Waals surface area contributed by atoms with Crippen LogP contribution in [0.1, 0.15) is 12.0 Å². The van der Waals surface area contributed by atoms with Crippen LogP contribution < -0.4 is 0 Å². The van der Waals surface area contributed by atoms with E-state index in [0.29, 0.717) is 0 Å². The second kappa shape index (κ2) is 7.40. The second-order valence-corrected chi connectivity index (χ2v) is 3.21. The van der Waals surface area contributed by atoms with Gasteiger partial charge in [-0.1, -0.05) is 30.3 Å². The molecule has 0 aliphatic carbocycles. The maximum absolute atomic E-state index is 7.00. The monoisotopic (exact) mass is 210 g/mol. The van der Waals surface area contributed by atoms with Crippen molar-refractivity contribution < 1.29 is 14.6 Å². The Hall–Kier alpha value is -0.900. The molecule has 3 heteroatoms. The minimum Gasteiger partial charge on any atom is -0.400 e. The maximum atomic E-state index is 7.00. The lowest BCUT2D eigenvalue weighted by molar-refractivity contribution is -0.176. The molecular weight excluding hydrogens is 192 g/mol. The Morgan fingerprint density at radius 1 is 1.13 bits per heavy atom. The van der Waals surface area contributed by atoms with Gasteiger partial charge < -0.3 is 14.6 Å². The number of aliphatic hydroxyl groups is 1. The van der Waals surface area contributed by atoms with Crippen molar-refractivity contribution in [3.05, 3.63) is 35.9 Å². The average Bonchev–Trinajstić information content (AvgIpc) is 2.34. The molecule has 1 aliphatic heterocycles. The predicted octanol–water partition coefficient (Wildman–Crippen LogP) is 1.60. The standard InChI is InChI=1S/C11H14O2.CH4O/c1-2-5-10(6-3-1)9-11-12-7-4-8-13-11;1-2/h1-3,5-6,11H,4,7-9H2;2H,1H3. The van der Waals surface area contributed by atoms with E-state index in [2.05, 4.69) is 12.1 Å². The van der Waals surface area contributed by atoms with E-state index < -0.39 is 0 Å². The van der Waals surface area contributed by atoms with Gasteiger partial charge in [0.05, 0.1) is 13.2 Å². The molecule has 0 atom stereocenters. The van der Waals surface area contributed by atoms with Gasteiger partial charge in [-0.25, -0.2) is 0 Å². The van der Waals surface area contributed by atoms with Gasteiger partial charge in [0, 0.05) is 13.5 Å². The van der Waals surface area contributed by atoms with Crippen LogP contribution in [0.2, 0.25) is 0 Å². The fourth-order valence-electron chi connectivity index (χ4n) is 1.46. The van der Waals surface area contributed by atoms with Crippen LogP contribution in [-0.2, 0) is 15.9 Å². The van der Waals surface area contributed by atoms with Crippen molar-refractivity contribution in [2.75, 3.05) is 20.3 Å². The Bertz CT molecular complexity index is 242. The highest BCUT2D eigenvalue weighted by molar-refractivity contribution is 5.15. The second-order valence-electron chi connectivity index (χ2n) is 3.21. The molecule has 84 valence electrons. The quantitative estimate of drug-likeness (QED) is 0.805. The third-order valence-corrected chi connectivity index (χ3v) is 2.14. The summed E-state index contributed by atoms with van der Waals surface area (Å²) < 4.78 is 10.9. The Labute approximate surface area is 90.6 Å². The fourth-order valence-corrected chi connectivity index (χ4v) is 1.46. The zero-order valence-corrected chi connectivity index (χ0v) is 9.06. The molecule has 3 nitrogen and oxygen atoms in total. The lowest BCUT2D eigenvalue weighted by Gasteiger charge is -2.23. The molecule has 0 aromatic heterocycles. The fraction of sp³-hybridized carbons (Fsp3) is 0.500. The number of ether oxygens (including phenoxy) is 2. The van der Waals surface area contributed by atoms with Crippen LogP contribution in [0.4, 0.5) is 0 Å². The number of aliphatic hydroxyl groups excluding tert-OH is 1. The minimum absolute atomic E-state index is 0.0313. The Morgan fingerprint density at radius 3 is 2.33 bits per heavy atom. The van der Waals surface area contributed by atoms with Gasteiger partial charge in [0.25, 0.3) is 0 Å². The molecule has 1 N–H and O–H groups in total. The van der Waals surface area contributed by atoms with E-state index in [1.807, 2.05) is 18.2 Å². The molecule has 0 radical (unpaired) electrons. The van der Waals surface area contributed by atoms with Crippen LogP contribution in [0.3, 0.4) is 0 Å². The van der Waals surface area contributed by atoms with Gasteiger partial charge in [-0.2, -0.15) is 0 Å². The number of rotatable bonds is 2. The highest BCUT2D eigenvalue weighted by atomic mass is 16.7. The van der Waals surface area contributed by atoms with Crippen molar-refractivity contribution >= 4 is 0 Å². The van der Waals surface area contributed by atoms with Crippen molar-refractivity contribution in [2.24, 2.45) is 0 Å². The summed E-state index contributed by atoms with van der Waals surface area (Å²) in [6.45, 7) is 1.66. The predicted molar refractivity (Wildman–Crippen MR) is 58.6 cm³/mol. The lowest BCUT2D eigenvalue weighted by Crippen LogP contribution is -2.26. The van der Waals surface area contributed by atoms with E-state index >= 15 is 0 Å². The number of hydrogen-bond acceptors (Lipinski definition) is 3. The largest absolute Gasteiger partial charge is 0.400 e. The first-order valence-electron chi connectivity index (χ1n) is 5.17. The van der Waals surface area contributed by atoms with Crippen molar-refractivity contribution in [3.63, 3.8) is 0 Å². The van der Waals surface area contributed by atoms with Crippen molar-refractivity contribution in [1.29, 1.82) is 0 Å². The molecule has 1 heterocycles. The maximum Gasteiger partial charge on any atom is 0.161 e. The topological polar surface area (TPSA) is 38.7 Å². The summed E-state index contributed by atoms with van der Waals surface area (Å²) in [5.41, 5.74) is 1.27. The van der Waals surface area contributed by atoms with E-state index in [9.17, 15) is 0 Å². The zero-order chi connectivity index (χ0) is 10.9. The molecule has 1 aromatic rings. The van der Waals surface area contributed by atoms with Crippen molar-refractivity contribution in [2.45, 2.75) is 19.1 Å². The summed E-state index contributed by atoms with van der Waals surface area (Å²) in [5.74, 6) is 0. The summed E-state index contributed by atoms with van der Waals surface area (Å²) in [6, 6.07) is 10.3. The molecule has 0 saturated carbocycles. The Morgan fingerprint density at radius 2 is 1.73 bits per heavy atom. The molecule has 1 fully saturated rings. The number of hydrogen-bond donors (Lipinski definition) is 1. The molecule has 0 spiro atoms. The summed E-state index contributed by atoms with van der Waals surface area (Å²) in [6.07, 6.45) is 1.85. The van der Waals surface area contributed by atoms with E-state index in [-0.39, 0.29) is 6.29 Å². The van der Waals surface area contributed by atoms with E-state index in [4.69, 9.17) is 14.6 Å². The molecule has 1 aromatic carbocycles. The highest BCUT2D eigenvalue weighted by Gasteiger charge is 2.13. The molecule has 1 aliphatic rings. The third-order valence-electron chi connectivity index (χ3n) is 2.14. The smallest absolute Gasteiger partial charge is 0.161 e. The Balaban J connectivity index is 0.000000531. The van der Waals surface area contributed by atoms with Crippen molar-refractivity contribution in [1.82, 2.24) is 0 Å². The van der Waals surface area contributed by atoms with E-state index in [0.717, 1.165) is 33.2 Å². The van der Waals surface area contributed by atoms with E-state index in [1.54, 1.807) is 0 Å². The third kappa shape index (κ3) is 4.42. The molecule has 15 heavy (non-hydrogen) atoms. The first-order chi connectivity index (χ1) is 7.45. The van der Waals surface area contributed by atoms with Gasteiger partial charge >= 0.3 is 0 Å². The molecule has 0 unspecified atom stereocenters. The van der Waals surface area contributed by atoms with Gasteiger partial charge in [-0.05, 0) is 12.0 Å². The van der Waals surface area contributed by atoms with Crippen LogP contribution in [-0.4, -0.2) is 31.7 Å². The van der Waals surface area contributed by atoms with Crippen molar-refractivity contribution in [3.8, 4) is 0 Å². The van der Waals surface area contributed by atoms with Gasteiger partial charge in [-0.15, -0.1) is 0 Å². The first kappa shape index (κ1) is 12.2. The van der Waals surface area contributed by atoms with Crippen LogP contribution in [0.15, 0.2) is 30.3 Å². The van der Waals surface area contributed by atoms with E-state index in [1.165, 1.54) is 5.56 Å². The minimum atomic E-state index is -0.0313. The van der Waals surface area contributed by atoms with Crippen LogP contribution in [0.25, 0.3) is 0 Å². The lowest BCUT2D eigenvalue weighted by atomic mass is 10.1. The summed E-state index contributed by atoms with van der Waals surface area (Å²) in [4.78, 5) is 0. The van der Waals surface area contributed by atoms with Crippen LogP contribution in [0.5, 0.6) is 0 Å². The summed E-state index contributed by atoms with van der Waals surface area (Å²) >= 11 is 0. The molecular formula is C12H18O3. The molecule has 1 saturated heterocycles. The molecule has 2 rings (SSSR count). The van der Waals surface area contributed by atoms with Gasteiger partial charge in [0.2, 0.25) is 0 Å². The van der Waals surface area contributed by atoms with Gasteiger partial charge in [0.15, 0.2) is 6.29 Å². The summed E-state index contributed by atoms with van der Waals surface area (Å²) in [7, 11) is 1.00. The summed E-state index contributed by atoms with van der Waals surface area (Å²) in [5, 5.41) is 7.00. The van der Waals surface area contributed by atoms with Crippen LogP contribution in [0, 0.1) is 0 Å². The van der Waals surface area contributed by atoms with Crippen LogP contribution >= 0.6 is 0 Å². The zero-order valence-electron chi connectivity index (χ0n) is 9.06. The molecule has 0 amide bonds. The van der Waals surface area contributed by atoms with Gasteiger partial charge in [-0.3, -0.25) is 0 Å². The SMILES string of the molecule is CO.c1ccc(CC2OCCCO2)cc1. The average molecular weight is 210 g/mol. The normalized spacial score (nSPS) is 16.7.